The van der Waals surface area contributed by atoms with Gasteiger partial charge in [-0.25, -0.2) is 0 Å². The molecule has 1 fully saturated rings. The van der Waals surface area contributed by atoms with E-state index in [1.165, 1.54) is 0 Å². The number of methoxy groups -OCH3 is 1. The Hall–Kier alpha value is -1.26. The summed E-state index contributed by atoms with van der Waals surface area (Å²) in [5, 5.41) is 13.2. The minimum absolute atomic E-state index is 0.0149. The molecule has 1 saturated carbocycles. The van der Waals surface area contributed by atoms with Crippen LogP contribution in [0.25, 0.3) is 0 Å². The number of hydrogen-bond acceptors (Lipinski definition) is 3. The van der Waals surface area contributed by atoms with Crippen molar-refractivity contribution >= 4 is 17.5 Å². The van der Waals surface area contributed by atoms with Crippen LogP contribution >= 0.6 is 11.6 Å². The molecule has 0 spiro atoms. The van der Waals surface area contributed by atoms with Gasteiger partial charge < -0.3 is 15.2 Å². The fourth-order valence-electron chi connectivity index (χ4n) is 2.71. The summed E-state index contributed by atoms with van der Waals surface area (Å²) in [6.07, 6.45) is 3.70. The number of benzene rings is 1. The van der Waals surface area contributed by atoms with E-state index in [0.29, 0.717) is 30.2 Å². The third-order valence-corrected chi connectivity index (χ3v) is 4.33. The molecule has 4 nitrogen and oxygen atoms in total. The number of nitrogens with one attached hydrogen (secondary N) is 1. The summed E-state index contributed by atoms with van der Waals surface area (Å²) >= 11 is 6.05. The normalized spacial score (nSPS) is 21.3. The number of rotatable bonds is 6. The van der Waals surface area contributed by atoms with E-state index >= 15 is 0 Å². The number of ether oxygens (including phenoxy) is 1. The van der Waals surface area contributed by atoms with Crippen molar-refractivity contribution in [1.82, 2.24) is 5.32 Å². The molecule has 0 saturated heterocycles. The van der Waals surface area contributed by atoms with Crippen LogP contribution in [0.4, 0.5) is 0 Å². The zero-order chi connectivity index (χ0) is 15.2. The first-order chi connectivity index (χ1) is 10.1. The van der Waals surface area contributed by atoms with Crippen molar-refractivity contribution in [2.75, 3.05) is 13.7 Å². The summed E-state index contributed by atoms with van der Waals surface area (Å²) in [6, 6.07) is 5.55. The summed E-state index contributed by atoms with van der Waals surface area (Å²) in [5.74, 6) is 0.866. The smallest absolute Gasteiger partial charge is 0.220 e. The van der Waals surface area contributed by atoms with Gasteiger partial charge in [0.1, 0.15) is 5.75 Å². The van der Waals surface area contributed by atoms with Crippen LogP contribution < -0.4 is 10.1 Å². The minimum Gasteiger partial charge on any atom is -0.495 e. The van der Waals surface area contributed by atoms with Crippen molar-refractivity contribution in [3.8, 4) is 5.75 Å². The summed E-state index contributed by atoms with van der Waals surface area (Å²) in [5.41, 5.74) is 1.01. The van der Waals surface area contributed by atoms with Crippen molar-refractivity contribution in [3.05, 3.63) is 28.8 Å². The fourth-order valence-corrected chi connectivity index (χ4v) is 2.99. The first kappa shape index (κ1) is 16.1. The van der Waals surface area contributed by atoms with Crippen molar-refractivity contribution < 1.29 is 14.6 Å². The monoisotopic (exact) mass is 311 g/mol. The number of carbonyl (C=O) groups is 1. The van der Waals surface area contributed by atoms with E-state index in [9.17, 15) is 9.90 Å². The summed E-state index contributed by atoms with van der Waals surface area (Å²) < 4.78 is 5.10. The molecular formula is C16H22ClNO3. The van der Waals surface area contributed by atoms with Gasteiger partial charge in [0.25, 0.3) is 0 Å². The Morgan fingerprint density at radius 2 is 2.29 bits per heavy atom. The van der Waals surface area contributed by atoms with E-state index in [2.05, 4.69) is 5.32 Å². The molecule has 116 valence electrons. The molecule has 1 aliphatic carbocycles. The van der Waals surface area contributed by atoms with Gasteiger partial charge in [0, 0.05) is 18.9 Å². The van der Waals surface area contributed by atoms with Crippen LogP contribution in [-0.2, 0) is 11.2 Å². The second kappa shape index (κ2) is 7.66. The van der Waals surface area contributed by atoms with Gasteiger partial charge >= 0.3 is 0 Å². The Morgan fingerprint density at radius 1 is 1.48 bits per heavy atom. The van der Waals surface area contributed by atoms with Crippen molar-refractivity contribution in [3.63, 3.8) is 0 Å². The van der Waals surface area contributed by atoms with Crippen molar-refractivity contribution in [2.45, 2.75) is 38.2 Å². The van der Waals surface area contributed by atoms with Gasteiger partial charge in [-0.05, 0) is 37.0 Å². The van der Waals surface area contributed by atoms with Crippen LogP contribution in [-0.4, -0.2) is 30.8 Å². The Bertz CT molecular complexity index is 492. The van der Waals surface area contributed by atoms with Crippen LogP contribution in [0, 0.1) is 5.92 Å². The molecule has 21 heavy (non-hydrogen) atoms. The van der Waals surface area contributed by atoms with Crippen LogP contribution in [0.3, 0.4) is 0 Å². The highest BCUT2D eigenvalue weighted by molar-refractivity contribution is 6.32. The SMILES string of the molecule is COc1ccc(CCC(=O)NCC2CCCC2O)cc1Cl. The summed E-state index contributed by atoms with van der Waals surface area (Å²) in [4.78, 5) is 11.8. The van der Waals surface area contributed by atoms with Gasteiger partial charge in [-0.3, -0.25) is 4.79 Å². The average Bonchev–Trinajstić information content (AvgIpc) is 2.88. The number of aliphatic hydroxyl groups is 1. The lowest BCUT2D eigenvalue weighted by Crippen LogP contribution is -2.32. The molecule has 1 amide bonds. The Morgan fingerprint density at radius 3 is 2.90 bits per heavy atom. The fraction of sp³-hybridized carbons (Fsp3) is 0.562. The number of halogens is 1. The molecule has 0 aliphatic heterocycles. The lowest BCUT2D eigenvalue weighted by molar-refractivity contribution is -0.121. The summed E-state index contributed by atoms with van der Waals surface area (Å²) in [6.45, 7) is 0.573. The van der Waals surface area contributed by atoms with Crippen molar-refractivity contribution in [1.29, 1.82) is 0 Å². The van der Waals surface area contributed by atoms with E-state index in [1.807, 2.05) is 18.2 Å². The molecule has 0 bridgehead atoms. The van der Waals surface area contributed by atoms with Gasteiger partial charge in [0.15, 0.2) is 0 Å². The molecule has 5 heteroatoms. The van der Waals surface area contributed by atoms with Gasteiger partial charge in [-0.15, -0.1) is 0 Å². The Labute approximate surface area is 130 Å². The minimum atomic E-state index is -0.259. The first-order valence-electron chi connectivity index (χ1n) is 7.37. The molecule has 0 aromatic heterocycles. The molecule has 1 aliphatic rings. The maximum absolute atomic E-state index is 11.8. The van der Waals surface area contributed by atoms with Gasteiger partial charge in [0.2, 0.25) is 5.91 Å². The number of hydrogen-bond donors (Lipinski definition) is 2. The Kier molecular flexibility index (Phi) is 5.88. The average molecular weight is 312 g/mol. The predicted octanol–water partition coefficient (Wildman–Crippen LogP) is 2.56. The number of aliphatic hydroxyl groups excluding tert-OH is 1. The second-order valence-electron chi connectivity index (χ2n) is 5.53. The molecule has 2 atom stereocenters. The topological polar surface area (TPSA) is 58.6 Å². The largest absolute Gasteiger partial charge is 0.495 e. The lowest BCUT2D eigenvalue weighted by atomic mass is 10.1. The molecule has 0 radical (unpaired) electrons. The zero-order valence-corrected chi connectivity index (χ0v) is 13.0. The molecular weight excluding hydrogens is 290 g/mol. The standard InChI is InChI=1S/C16H22ClNO3/c1-21-15-7-5-11(9-13(15)17)6-8-16(20)18-10-12-3-2-4-14(12)19/h5,7,9,12,14,19H,2-4,6,8,10H2,1H3,(H,18,20). The van der Waals surface area contributed by atoms with Crippen LogP contribution in [0.15, 0.2) is 18.2 Å². The van der Waals surface area contributed by atoms with Crippen LogP contribution in [0.1, 0.15) is 31.2 Å². The number of amides is 1. The van der Waals surface area contributed by atoms with E-state index in [-0.39, 0.29) is 17.9 Å². The van der Waals surface area contributed by atoms with Crippen molar-refractivity contribution in [2.24, 2.45) is 5.92 Å². The molecule has 1 aromatic carbocycles. The molecule has 2 unspecified atom stereocenters. The van der Waals surface area contributed by atoms with Crippen LogP contribution in [0.2, 0.25) is 5.02 Å². The van der Waals surface area contributed by atoms with E-state index in [0.717, 1.165) is 24.8 Å². The van der Waals surface area contributed by atoms with E-state index in [4.69, 9.17) is 16.3 Å². The van der Waals surface area contributed by atoms with E-state index < -0.39 is 0 Å². The zero-order valence-electron chi connectivity index (χ0n) is 12.3. The highest BCUT2D eigenvalue weighted by Crippen LogP contribution is 2.26. The molecule has 2 N–H and O–H groups in total. The van der Waals surface area contributed by atoms with Gasteiger partial charge in [-0.2, -0.15) is 0 Å². The third-order valence-electron chi connectivity index (χ3n) is 4.04. The van der Waals surface area contributed by atoms with E-state index in [1.54, 1.807) is 7.11 Å². The van der Waals surface area contributed by atoms with Gasteiger partial charge in [0.05, 0.1) is 18.2 Å². The lowest BCUT2D eigenvalue weighted by Gasteiger charge is -2.15. The quantitative estimate of drug-likeness (QED) is 0.849. The predicted molar refractivity (Wildman–Crippen MR) is 82.7 cm³/mol. The first-order valence-corrected chi connectivity index (χ1v) is 7.75. The number of aryl methyl sites for hydroxylation is 1. The highest BCUT2D eigenvalue weighted by atomic mass is 35.5. The molecule has 0 heterocycles. The Balaban J connectivity index is 1.74. The third kappa shape index (κ3) is 4.61. The molecule has 1 aromatic rings. The maximum Gasteiger partial charge on any atom is 0.220 e. The van der Waals surface area contributed by atoms with Gasteiger partial charge in [-0.1, -0.05) is 24.1 Å². The maximum atomic E-state index is 11.8. The molecule has 2 rings (SSSR count). The number of carbonyl (C=O) groups excluding carboxylic acids is 1. The second-order valence-corrected chi connectivity index (χ2v) is 5.94. The highest BCUT2D eigenvalue weighted by Gasteiger charge is 2.25. The summed E-state index contributed by atoms with van der Waals surface area (Å²) in [7, 11) is 1.58. The van der Waals surface area contributed by atoms with Crippen LogP contribution in [0.5, 0.6) is 5.75 Å².